The van der Waals surface area contributed by atoms with Crippen molar-refractivity contribution in [2.45, 2.75) is 33.3 Å². The van der Waals surface area contributed by atoms with E-state index in [-0.39, 0.29) is 5.84 Å². The molecule has 0 heterocycles. The van der Waals surface area contributed by atoms with E-state index in [1.807, 2.05) is 6.07 Å². The second-order valence-electron chi connectivity index (χ2n) is 4.81. The van der Waals surface area contributed by atoms with Gasteiger partial charge < -0.3 is 10.5 Å². The van der Waals surface area contributed by atoms with E-state index in [0.29, 0.717) is 23.1 Å². The van der Waals surface area contributed by atoms with Crippen molar-refractivity contribution in [2.75, 3.05) is 6.61 Å². The van der Waals surface area contributed by atoms with Crippen molar-refractivity contribution in [3.63, 3.8) is 0 Å². The van der Waals surface area contributed by atoms with E-state index in [4.69, 9.17) is 27.5 Å². The maximum Gasteiger partial charge on any atom is 0.122 e. The molecule has 100 valence electrons. The summed E-state index contributed by atoms with van der Waals surface area (Å²) in [7, 11) is 0. The number of ether oxygens (including phenoxy) is 1. The van der Waals surface area contributed by atoms with Crippen molar-refractivity contribution in [3.05, 3.63) is 34.3 Å². The zero-order chi connectivity index (χ0) is 13.5. The van der Waals surface area contributed by atoms with Crippen LogP contribution >= 0.6 is 11.6 Å². The van der Waals surface area contributed by atoms with E-state index in [1.54, 1.807) is 12.1 Å². The lowest BCUT2D eigenvalue weighted by atomic mass is 10.1. The van der Waals surface area contributed by atoms with Gasteiger partial charge in [0.2, 0.25) is 0 Å². The number of benzene rings is 1. The van der Waals surface area contributed by atoms with Gasteiger partial charge in [0.25, 0.3) is 0 Å². The second-order valence-corrected chi connectivity index (χ2v) is 5.22. The third-order valence-electron chi connectivity index (χ3n) is 2.69. The van der Waals surface area contributed by atoms with E-state index < -0.39 is 0 Å². The SMILES string of the molecule is CC(C)CCCOCc1ccc(C(=N)N)cc1Cl. The van der Waals surface area contributed by atoms with Crippen LogP contribution in [-0.2, 0) is 11.3 Å². The van der Waals surface area contributed by atoms with E-state index in [0.717, 1.165) is 18.6 Å². The van der Waals surface area contributed by atoms with Crippen LogP contribution in [-0.4, -0.2) is 12.4 Å². The van der Waals surface area contributed by atoms with Crippen LogP contribution in [0.25, 0.3) is 0 Å². The summed E-state index contributed by atoms with van der Waals surface area (Å²) < 4.78 is 5.58. The summed E-state index contributed by atoms with van der Waals surface area (Å²) in [5, 5.41) is 7.93. The molecule has 0 aromatic heterocycles. The highest BCUT2D eigenvalue weighted by atomic mass is 35.5. The van der Waals surface area contributed by atoms with Gasteiger partial charge in [0.05, 0.1) is 6.61 Å². The largest absolute Gasteiger partial charge is 0.384 e. The molecule has 3 nitrogen and oxygen atoms in total. The van der Waals surface area contributed by atoms with Gasteiger partial charge in [-0.2, -0.15) is 0 Å². The van der Waals surface area contributed by atoms with Crippen LogP contribution < -0.4 is 5.73 Å². The predicted molar refractivity (Wildman–Crippen MR) is 76.2 cm³/mol. The Morgan fingerprint density at radius 2 is 2.17 bits per heavy atom. The average Bonchev–Trinajstić information content (AvgIpc) is 2.29. The quantitative estimate of drug-likeness (QED) is 0.451. The summed E-state index contributed by atoms with van der Waals surface area (Å²) in [6.45, 7) is 5.67. The predicted octanol–water partition coefficient (Wildman–Crippen LogP) is 3.58. The third-order valence-corrected chi connectivity index (χ3v) is 3.04. The fourth-order valence-corrected chi connectivity index (χ4v) is 1.84. The van der Waals surface area contributed by atoms with Crippen LogP contribution in [0.3, 0.4) is 0 Å². The third kappa shape index (κ3) is 5.07. The van der Waals surface area contributed by atoms with Crippen molar-refractivity contribution < 1.29 is 4.74 Å². The first-order valence-electron chi connectivity index (χ1n) is 6.21. The zero-order valence-corrected chi connectivity index (χ0v) is 11.8. The van der Waals surface area contributed by atoms with Crippen molar-refractivity contribution >= 4 is 17.4 Å². The molecule has 0 spiro atoms. The van der Waals surface area contributed by atoms with Crippen LogP contribution in [0.15, 0.2) is 18.2 Å². The normalized spacial score (nSPS) is 10.9. The van der Waals surface area contributed by atoms with Crippen LogP contribution in [0.2, 0.25) is 5.02 Å². The number of amidine groups is 1. The van der Waals surface area contributed by atoms with Crippen LogP contribution in [0.1, 0.15) is 37.8 Å². The fourth-order valence-electron chi connectivity index (χ4n) is 1.61. The molecule has 4 heteroatoms. The lowest BCUT2D eigenvalue weighted by molar-refractivity contribution is 0.115. The summed E-state index contributed by atoms with van der Waals surface area (Å²) in [5.74, 6) is 0.744. The van der Waals surface area contributed by atoms with Gasteiger partial charge in [-0.1, -0.05) is 37.6 Å². The Hall–Kier alpha value is -1.06. The summed E-state index contributed by atoms with van der Waals surface area (Å²) in [4.78, 5) is 0. The fraction of sp³-hybridized carbons (Fsp3) is 0.500. The molecule has 0 bridgehead atoms. The van der Waals surface area contributed by atoms with E-state index >= 15 is 0 Å². The molecule has 1 aromatic carbocycles. The van der Waals surface area contributed by atoms with Crippen LogP contribution in [0.5, 0.6) is 0 Å². The molecule has 1 rings (SSSR count). The Balaban J connectivity index is 2.41. The molecular formula is C14H21ClN2O. The average molecular weight is 269 g/mol. The molecule has 1 aromatic rings. The molecular weight excluding hydrogens is 248 g/mol. The number of rotatable bonds is 7. The van der Waals surface area contributed by atoms with Crippen molar-refractivity contribution in [3.8, 4) is 0 Å². The molecule has 0 atom stereocenters. The van der Waals surface area contributed by atoms with Crippen LogP contribution in [0, 0.1) is 11.3 Å². The number of nitrogens with one attached hydrogen (secondary N) is 1. The van der Waals surface area contributed by atoms with Gasteiger partial charge in [0.1, 0.15) is 5.84 Å². The molecule has 0 aliphatic carbocycles. The zero-order valence-electron chi connectivity index (χ0n) is 11.0. The minimum absolute atomic E-state index is 0.0290. The standard InChI is InChI=1S/C14H21ClN2O/c1-10(2)4-3-7-18-9-12-6-5-11(14(16)17)8-13(12)15/h5-6,8,10H,3-4,7,9H2,1-2H3,(H3,16,17). The lowest BCUT2D eigenvalue weighted by Gasteiger charge is -2.08. The molecule has 18 heavy (non-hydrogen) atoms. The summed E-state index contributed by atoms with van der Waals surface area (Å²) in [6, 6.07) is 5.36. The maximum atomic E-state index is 7.32. The van der Waals surface area contributed by atoms with Gasteiger partial charge in [0, 0.05) is 17.2 Å². The Kier molecular flexibility index (Phi) is 6.16. The molecule has 0 saturated heterocycles. The second kappa shape index (κ2) is 7.39. The Bertz CT molecular complexity index is 405. The van der Waals surface area contributed by atoms with Gasteiger partial charge in [-0.15, -0.1) is 0 Å². The summed E-state index contributed by atoms with van der Waals surface area (Å²) >= 11 is 6.10. The van der Waals surface area contributed by atoms with E-state index in [9.17, 15) is 0 Å². The highest BCUT2D eigenvalue weighted by Gasteiger charge is 2.04. The van der Waals surface area contributed by atoms with Gasteiger partial charge in [0.15, 0.2) is 0 Å². The number of nitrogen functional groups attached to an aromatic ring is 1. The monoisotopic (exact) mass is 268 g/mol. The number of halogens is 1. The first-order chi connectivity index (χ1) is 8.50. The Morgan fingerprint density at radius 3 is 2.72 bits per heavy atom. The minimum atomic E-state index is 0.0290. The Labute approximate surface area is 114 Å². The summed E-state index contributed by atoms with van der Waals surface area (Å²) in [5.41, 5.74) is 6.97. The minimum Gasteiger partial charge on any atom is -0.384 e. The molecule has 0 unspecified atom stereocenters. The number of nitrogens with two attached hydrogens (primary N) is 1. The smallest absolute Gasteiger partial charge is 0.122 e. The molecule has 3 N–H and O–H groups in total. The van der Waals surface area contributed by atoms with E-state index in [1.165, 1.54) is 6.42 Å². The molecule has 0 radical (unpaired) electrons. The maximum absolute atomic E-state index is 7.32. The van der Waals surface area contributed by atoms with Crippen molar-refractivity contribution in [2.24, 2.45) is 11.7 Å². The molecule has 0 aliphatic heterocycles. The van der Waals surface area contributed by atoms with E-state index in [2.05, 4.69) is 13.8 Å². The Morgan fingerprint density at radius 1 is 1.44 bits per heavy atom. The van der Waals surface area contributed by atoms with Gasteiger partial charge in [-0.25, -0.2) is 0 Å². The lowest BCUT2D eigenvalue weighted by Crippen LogP contribution is -2.11. The van der Waals surface area contributed by atoms with Gasteiger partial charge in [-0.05, 0) is 30.4 Å². The van der Waals surface area contributed by atoms with Crippen molar-refractivity contribution in [1.29, 1.82) is 5.41 Å². The highest BCUT2D eigenvalue weighted by molar-refractivity contribution is 6.31. The van der Waals surface area contributed by atoms with Gasteiger partial charge >= 0.3 is 0 Å². The number of hydrogen-bond acceptors (Lipinski definition) is 2. The molecule has 0 fully saturated rings. The first-order valence-corrected chi connectivity index (χ1v) is 6.59. The van der Waals surface area contributed by atoms with Gasteiger partial charge in [-0.3, -0.25) is 5.41 Å². The molecule has 0 amide bonds. The molecule has 0 aliphatic rings. The first kappa shape index (κ1) is 15.0. The topological polar surface area (TPSA) is 59.1 Å². The summed E-state index contributed by atoms with van der Waals surface area (Å²) in [6.07, 6.45) is 2.25. The van der Waals surface area contributed by atoms with Crippen molar-refractivity contribution in [1.82, 2.24) is 0 Å². The number of hydrogen-bond donors (Lipinski definition) is 2. The van der Waals surface area contributed by atoms with Crippen LogP contribution in [0.4, 0.5) is 0 Å². The molecule has 0 saturated carbocycles. The highest BCUT2D eigenvalue weighted by Crippen LogP contribution is 2.18.